The molecule has 184 valence electrons. The third kappa shape index (κ3) is 5.42. The molecule has 1 aliphatic rings. The van der Waals surface area contributed by atoms with E-state index < -0.39 is 11.7 Å². The summed E-state index contributed by atoms with van der Waals surface area (Å²) in [7, 11) is 1.49. The Balaban J connectivity index is 1.48. The van der Waals surface area contributed by atoms with Gasteiger partial charge in [0.25, 0.3) is 5.91 Å². The zero-order valence-corrected chi connectivity index (χ0v) is 20.3. The van der Waals surface area contributed by atoms with Crippen LogP contribution in [0.25, 0.3) is 0 Å². The standard InChI is InChI=1S/C25H29FN6O3/c1-16-11-17(2)32(29-16)15-24(33)31-10-9-30(14-18(31)3)22-6-5-19(26)12-21(22)25(34)28-20-7-8-27-23(13-20)35-4/h5-8,11-13,18H,9-10,14-15H2,1-4H3,(H,27,28,34). The Morgan fingerprint density at radius 2 is 1.97 bits per heavy atom. The number of carbonyl (C=O) groups is 2. The van der Waals surface area contributed by atoms with Crippen molar-refractivity contribution in [2.24, 2.45) is 0 Å². The minimum Gasteiger partial charge on any atom is -0.481 e. The molecule has 0 radical (unpaired) electrons. The first-order valence-electron chi connectivity index (χ1n) is 11.4. The van der Waals surface area contributed by atoms with E-state index in [1.807, 2.05) is 36.6 Å². The van der Waals surface area contributed by atoms with Crippen LogP contribution in [0, 0.1) is 19.7 Å². The number of piperazine rings is 1. The molecule has 1 N–H and O–H groups in total. The molecular weight excluding hydrogens is 451 g/mol. The largest absolute Gasteiger partial charge is 0.481 e. The van der Waals surface area contributed by atoms with Gasteiger partial charge in [0.2, 0.25) is 11.8 Å². The van der Waals surface area contributed by atoms with Crippen LogP contribution in [0.2, 0.25) is 0 Å². The lowest BCUT2D eigenvalue weighted by molar-refractivity contribution is -0.134. The number of aryl methyl sites for hydroxylation is 2. The van der Waals surface area contributed by atoms with Gasteiger partial charge in [-0.05, 0) is 51.1 Å². The quantitative estimate of drug-likeness (QED) is 0.583. The molecule has 1 saturated heterocycles. The summed E-state index contributed by atoms with van der Waals surface area (Å²) in [5.74, 6) is -0.592. The topological polar surface area (TPSA) is 92.6 Å². The van der Waals surface area contributed by atoms with Crippen molar-refractivity contribution in [1.29, 1.82) is 0 Å². The molecule has 0 saturated carbocycles. The van der Waals surface area contributed by atoms with Gasteiger partial charge in [-0.1, -0.05) is 0 Å². The molecule has 10 heteroatoms. The minimum absolute atomic E-state index is 0.00735. The second kappa shape index (κ2) is 10.1. The number of anilines is 2. The minimum atomic E-state index is -0.502. The molecule has 2 aromatic heterocycles. The lowest BCUT2D eigenvalue weighted by Crippen LogP contribution is -2.55. The zero-order chi connectivity index (χ0) is 25.1. The second-order valence-electron chi connectivity index (χ2n) is 8.67. The Labute approximate surface area is 203 Å². The smallest absolute Gasteiger partial charge is 0.257 e. The van der Waals surface area contributed by atoms with Crippen molar-refractivity contribution in [2.45, 2.75) is 33.4 Å². The Morgan fingerprint density at radius 3 is 2.66 bits per heavy atom. The van der Waals surface area contributed by atoms with Crippen molar-refractivity contribution in [3.8, 4) is 5.88 Å². The maximum Gasteiger partial charge on any atom is 0.257 e. The van der Waals surface area contributed by atoms with Gasteiger partial charge >= 0.3 is 0 Å². The molecule has 9 nitrogen and oxygen atoms in total. The zero-order valence-electron chi connectivity index (χ0n) is 20.3. The van der Waals surface area contributed by atoms with Gasteiger partial charge in [-0.3, -0.25) is 14.3 Å². The molecule has 0 aliphatic carbocycles. The molecule has 0 spiro atoms. The highest BCUT2D eigenvalue weighted by Gasteiger charge is 2.30. The highest BCUT2D eigenvalue weighted by molar-refractivity contribution is 6.08. The number of pyridine rings is 1. The first kappa shape index (κ1) is 24.2. The van der Waals surface area contributed by atoms with Gasteiger partial charge in [0.1, 0.15) is 12.4 Å². The van der Waals surface area contributed by atoms with E-state index in [1.54, 1.807) is 22.9 Å². The van der Waals surface area contributed by atoms with Crippen LogP contribution in [-0.2, 0) is 11.3 Å². The van der Waals surface area contributed by atoms with Gasteiger partial charge in [0.15, 0.2) is 0 Å². The lowest BCUT2D eigenvalue weighted by Gasteiger charge is -2.41. The normalized spacial score (nSPS) is 15.7. The van der Waals surface area contributed by atoms with E-state index >= 15 is 0 Å². The summed E-state index contributed by atoms with van der Waals surface area (Å²) in [6, 6.07) is 9.25. The fourth-order valence-corrected chi connectivity index (χ4v) is 4.36. The molecule has 2 amide bonds. The SMILES string of the molecule is COc1cc(NC(=O)c2cc(F)ccc2N2CCN(C(=O)Cn3nc(C)cc3C)C(C)C2)ccn1. The maximum atomic E-state index is 14.1. The van der Waals surface area contributed by atoms with Crippen molar-refractivity contribution in [3.63, 3.8) is 0 Å². The summed E-state index contributed by atoms with van der Waals surface area (Å²) >= 11 is 0. The Kier molecular flexibility index (Phi) is 6.99. The molecule has 1 aromatic carbocycles. The summed E-state index contributed by atoms with van der Waals surface area (Å²) in [6.45, 7) is 7.50. The van der Waals surface area contributed by atoms with E-state index in [-0.39, 0.29) is 24.1 Å². The van der Waals surface area contributed by atoms with Crippen molar-refractivity contribution in [1.82, 2.24) is 19.7 Å². The van der Waals surface area contributed by atoms with Gasteiger partial charge < -0.3 is 19.9 Å². The molecule has 35 heavy (non-hydrogen) atoms. The van der Waals surface area contributed by atoms with E-state index in [2.05, 4.69) is 15.4 Å². The van der Waals surface area contributed by atoms with Crippen molar-refractivity contribution in [2.75, 3.05) is 37.0 Å². The van der Waals surface area contributed by atoms with E-state index in [0.29, 0.717) is 36.9 Å². The fraction of sp³-hybridized carbons (Fsp3) is 0.360. The van der Waals surface area contributed by atoms with Crippen LogP contribution in [0.15, 0.2) is 42.6 Å². The van der Waals surface area contributed by atoms with E-state index in [9.17, 15) is 14.0 Å². The molecule has 3 aromatic rings. The molecule has 1 aliphatic heterocycles. The average Bonchev–Trinajstić information content (AvgIpc) is 3.15. The lowest BCUT2D eigenvalue weighted by atomic mass is 10.1. The van der Waals surface area contributed by atoms with E-state index in [1.165, 1.54) is 25.4 Å². The Bertz CT molecular complexity index is 1240. The highest BCUT2D eigenvalue weighted by atomic mass is 19.1. The number of ether oxygens (including phenoxy) is 1. The second-order valence-corrected chi connectivity index (χ2v) is 8.67. The number of carbonyl (C=O) groups excluding carboxylic acids is 2. The summed E-state index contributed by atoms with van der Waals surface area (Å²) in [5, 5.41) is 7.17. The maximum absolute atomic E-state index is 14.1. The Hall–Kier alpha value is -3.95. The molecular formula is C25H29FN6O3. The van der Waals surface area contributed by atoms with Gasteiger partial charge in [0, 0.05) is 55.0 Å². The van der Waals surface area contributed by atoms with Crippen LogP contribution in [0.1, 0.15) is 28.7 Å². The molecule has 0 bridgehead atoms. The number of methoxy groups -OCH3 is 1. The number of rotatable bonds is 6. The fourth-order valence-electron chi connectivity index (χ4n) is 4.36. The number of hydrogen-bond acceptors (Lipinski definition) is 6. The predicted octanol–water partition coefficient (Wildman–Crippen LogP) is 3.03. The monoisotopic (exact) mass is 480 g/mol. The summed E-state index contributed by atoms with van der Waals surface area (Å²) in [6.07, 6.45) is 1.52. The van der Waals surface area contributed by atoms with Crippen molar-refractivity contribution < 1.29 is 18.7 Å². The van der Waals surface area contributed by atoms with Crippen LogP contribution in [0.4, 0.5) is 15.8 Å². The van der Waals surface area contributed by atoms with Crippen molar-refractivity contribution >= 4 is 23.2 Å². The summed E-state index contributed by atoms with van der Waals surface area (Å²) < 4.78 is 20.9. The summed E-state index contributed by atoms with van der Waals surface area (Å²) in [5.41, 5.74) is 3.14. The van der Waals surface area contributed by atoms with Crippen molar-refractivity contribution in [3.05, 3.63) is 65.4 Å². The van der Waals surface area contributed by atoms with Gasteiger partial charge in [-0.15, -0.1) is 0 Å². The average molecular weight is 481 g/mol. The Morgan fingerprint density at radius 1 is 1.17 bits per heavy atom. The molecule has 1 unspecified atom stereocenters. The number of aromatic nitrogens is 3. The third-order valence-corrected chi connectivity index (χ3v) is 6.08. The molecule has 4 rings (SSSR count). The number of benzene rings is 1. The number of nitrogens with zero attached hydrogens (tertiary/aromatic N) is 5. The van der Waals surface area contributed by atoms with Crippen LogP contribution in [0.3, 0.4) is 0 Å². The van der Waals surface area contributed by atoms with E-state index in [4.69, 9.17) is 4.74 Å². The van der Waals surface area contributed by atoms with Gasteiger partial charge in [0.05, 0.1) is 18.4 Å². The molecule has 1 fully saturated rings. The van der Waals surface area contributed by atoms with Crippen LogP contribution >= 0.6 is 0 Å². The molecule has 1 atom stereocenters. The number of amides is 2. The highest BCUT2D eigenvalue weighted by Crippen LogP contribution is 2.26. The first-order valence-corrected chi connectivity index (χ1v) is 11.4. The van der Waals surface area contributed by atoms with Crippen LogP contribution in [0.5, 0.6) is 5.88 Å². The molecule has 3 heterocycles. The van der Waals surface area contributed by atoms with Gasteiger partial charge in [-0.25, -0.2) is 9.37 Å². The summed E-state index contributed by atoms with van der Waals surface area (Å²) in [4.78, 5) is 33.9. The third-order valence-electron chi connectivity index (χ3n) is 6.08. The first-order chi connectivity index (χ1) is 16.7. The van der Waals surface area contributed by atoms with Crippen LogP contribution < -0.4 is 15.0 Å². The van der Waals surface area contributed by atoms with Crippen LogP contribution in [-0.4, -0.2) is 64.3 Å². The van der Waals surface area contributed by atoms with Gasteiger partial charge in [-0.2, -0.15) is 5.10 Å². The van der Waals surface area contributed by atoms with E-state index in [0.717, 1.165) is 11.4 Å². The number of halogens is 1. The number of hydrogen-bond donors (Lipinski definition) is 1. The predicted molar refractivity (Wildman–Crippen MR) is 130 cm³/mol. The number of nitrogens with one attached hydrogen (secondary N) is 1.